The molecule has 144 valence electrons. The molecule has 0 fully saturated rings. The lowest BCUT2D eigenvalue weighted by molar-refractivity contribution is -0.688. The van der Waals surface area contributed by atoms with E-state index in [1.807, 2.05) is 60.9 Å². The zero-order chi connectivity index (χ0) is 20.2. The summed E-state index contributed by atoms with van der Waals surface area (Å²) in [5.41, 5.74) is 2.70. The highest BCUT2D eigenvalue weighted by atomic mass is 79.9. The smallest absolute Gasteiger partial charge is 0.221 e. The molecule has 2 heterocycles. The minimum atomic E-state index is -0.190. The van der Waals surface area contributed by atoms with E-state index in [4.69, 9.17) is 9.15 Å². The molecule has 0 N–H and O–H groups in total. The first kappa shape index (κ1) is 19.2. The number of fused-ring (bicyclic) bond motifs is 1. The molecule has 5 heteroatoms. The monoisotopic (exact) mass is 448 g/mol. The van der Waals surface area contributed by atoms with Crippen LogP contribution in [0.5, 0.6) is 5.75 Å². The van der Waals surface area contributed by atoms with E-state index < -0.39 is 0 Å². The van der Waals surface area contributed by atoms with E-state index in [9.17, 15) is 4.79 Å². The molecule has 0 bridgehead atoms. The summed E-state index contributed by atoms with van der Waals surface area (Å²) in [4.78, 5) is 12.6. The van der Waals surface area contributed by atoms with Crippen molar-refractivity contribution in [1.29, 1.82) is 0 Å². The fourth-order valence-electron chi connectivity index (χ4n) is 3.14. The van der Waals surface area contributed by atoms with Gasteiger partial charge in [-0.25, -0.2) is 4.57 Å². The Bertz CT molecular complexity index is 1210. The van der Waals surface area contributed by atoms with Crippen LogP contribution in [-0.2, 0) is 6.54 Å². The third-order valence-corrected chi connectivity index (χ3v) is 5.36. The van der Waals surface area contributed by atoms with E-state index in [0.717, 1.165) is 22.0 Å². The van der Waals surface area contributed by atoms with Crippen LogP contribution in [0.15, 0.2) is 88.0 Å². The number of rotatable bonds is 6. The molecule has 0 aliphatic rings. The molecule has 0 saturated carbocycles. The van der Waals surface area contributed by atoms with Gasteiger partial charge in [-0.05, 0) is 36.4 Å². The van der Waals surface area contributed by atoms with E-state index >= 15 is 0 Å². The Balaban J connectivity index is 1.53. The number of methoxy groups -OCH3 is 1. The zero-order valence-electron chi connectivity index (χ0n) is 15.8. The topological polar surface area (TPSA) is 43.3 Å². The van der Waals surface area contributed by atoms with Crippen LogP contribution in [0.1, 0.15) is 21.7 Å². The number of pyridine rings is 1. The highest BCUT2D eigenvalue weighted by Gasteiger charge is 2.13. The normalized spacial score (nSPS) is 11.2. The fourth-order valence-corrected chi connectivity index (χ4v) is 3.55. The van der Waals surface area contributed by atoms with Gasteiger partial charge in [0.05, 0.1) is 7.11 Å². The van der Waals surface area contributed by atoms with Gasteiger partial charge < -0.3 is 9.15 Å². The molecule has 2 aromatic heterocycles. The molecule has 0 unspecified atom stereocenters. The fraction of sp³-hybridized carbons (Fsp3) is 0.0833. The summed E-state index contributed by atoms with van der Waals surface area (Å²) in [5.74, 6) is 0.712. The number of furan rings is 1. The molecule has 2 aromatic carbocycles. The van der Waals surface area contributed by atoms with Crippen molar-refractivity contribution in [3.63, 3.8) is 0 Å². The molecule has 0 spiro atoms. The van der Waals surface area contributed by atoms with Gasteiger partial charge in [0.15, 0.2) is 36.0 Å². The number of para-hydroxylation sites is 1. The first-order chi connectivity index (χ1) is 14.1. The maximum atomic E-state index is 12.6. The number of halogens is 1. The van der Waals surface area contributed by atoms with Crippen molar-refractivity contribution in [2.45, 2.75) is 6.54 Å². The van der Waals surface area contributed by atoms with Crippen LogP contribution in [0, 0.1) is 0 Å². The predicted molar refractivity (Wildman–Crippen MR) is 116 cm³/mol. The number of hydrogen-bond acceptors (Lipinski definition) is 3. The SMILES string of the molecule is COc1cccc2cc(C(=O)C=Cc3ccc[n+](Cc4ccccc4Br)c3)oc12. The van der Waals surface area contributed by atoms with Crippen LogP contribution >= 0.6 is 15.9 Å². The zero-order valence-corrected chi connectivity index (χ0v) is 17.4. The highest BCUT2D eigenvalue weighted by molar-refractivity contribution is 9.10. The van der Waals surface area contributed by atoms with E-state index in [1.165, 1.54) is 11.6 Å². The molecule has 4 rings (SSSR count). The molecule has 0 radical (unpaired) electrons. The summed E-state index contributed by atoms with van der Waals surface area (Å²) in [6, 6.07) is 19.4. The molecular formula is C24H19BrNO3+. The predicted octanol–water partition coefficient (Wildman–Crippen LogP) is 5.44. The lowest BCUT2D eigenvalue weighted by Crippen LogP contribution is -2.33. The van der Waals surface area contributed by atoms with Crippen LogP contribution in [0.4, 0.5) is 0 Å². The van der Waals surface area contributed by atoms with Crippen molar-refractivity contribution in [1.82, 2.24) is 0 Å². The number of ether oxygens (including phenoxy) is 1. The number of carbonyl (C=O) groups excluding carboxylic acids is 1. The third-order valence-electron chi connectivity index (χ3n) is 4.59. The first-order valence-electron chi connectivity index (χ1n) is 9.15. The number of nitrogens with zero attached hydrogens (tertiary/aromatic N) is 1. The van der Waals surface area contributed by atoms with Gasteiger partial charge in [0.2, 0.25) is 5.78 Å². The Labute approximate surface area is 177 Å². The molecule has 0 atom stereocenters. The van der Waals surface area contributed by atoms with Gasteiger partial charge in [0, 0.05) is 27.1 Å². The molecule has 0 aliphatic heterocycles. The molecular weight excluding hydrogens is 430 g/mol. The van der Waals surface area contributed by atoms with Crippen LogP contribution < -0.4 is 9.30 Å². The Hall–Kier alpha value is -3.18. The third kappa shape index (κ3) is 4.30. The summed E-state index contributed by atoms with van der Waals surface area (Å²) >= 11 is 3.58. The minimum Gasteiger partial charge on any atom is -0.493 e. The molecule has 4 nitrogen and oxygen atoms in total. The molecule has 0 aliphatic carbocycles. The van der Waals surface area contributed by atoms with Gasteiger partial charge in [0.25, 0.3) is 0 Å². The number of hydrogen-bond donors (Lipinski definition) is 0. The van der Waals surface area contributed by atoms with Crippen molar-refractivity contribution < 1.29 is 18.5 Å². The summed E-state index contributed by atoms with van der Waals surface area (Å²) in [7, 11) is 1.58. The second-order valence-corrected chi connectivity index (χ2v) is 7.44. The first-order valence-corrected chi connectivity index (χ1v) is 9.95. The van der Waals surface area contributed by atoms with Crippen molar-refractivity contribution in [3.05, 3.63) is 100 Å². The number of allylic oxidation sites excluding steroid dienone is 1. The number of aromatic nitrogens is 1. The summed E-state index contributed by atoms with van der Waals surface area (Å²) in [6.07, 6.45) is 7.33. The second kappa shape index (κ2) is 8.45. The maximum Gasteiger partial charge on any atom is 0.221 e. The van der Waals surface area contributed by atoms with Crippen LogP contribution in [0.25, 0.3) is 17.0 Å². The standard InChI is InChI=1S/C24H19BrNO3/c1-28-22-10-4-8-18-14-23(29-24(18)22)21(27)12-11-17-6-5-13-26(15-17)16-19-7-2-3-9-20(19)25/h2-15H,16H2,1H3/q+1. The van der Waals surface area contributed by atoms with Crippen LogP contribution in [-0.4, -0.2) is 12.9 Å². The Kier molecular flexibility index (Phi) is 5.58. The summed E-state index contributed by atoms with van der Waals surface area (Å²) in [6.45, 7) is 0.737. The Morgan fingerprint density at radius 3 is 2.83 bits per heavy atom. The number of ketones is 1. The van der Waals surface area contributed by atoms with Crippen molar-refractivity contribution in [2.75, 3.05) is 7.11 Å². The van der Waals surface area contributed by atoms with Crippen molar-refractivity contribution in [3.8, 4) is 5.75 Å². The lowest BCUT2D eigenvalue weighted by atomic mass is 10.2. The molecule has 4 aromatic rings. The number of carbonyl (C=O) groups is 1. The van der Waals surface area contributed by atoms with E-state index in [2.05, 4.69) is 26.6 Å². The average molecular weight is 449 g/mol. The molecule has 29 heavy (non-hydrogen) atoms. The molecule has 0 amide bonds. The minimum absolute atomic E-state index is 0.190. The van der Waals surface area contributed by atoms with Crippen molar-refractivity contribution >= 4 is 38.8 Å². The largest absolute Gasteiger partial charge is 0.493 e. The quantitative estimate of drug-likeness (QED) is 0.224. The van der Waals surface area contributed by atoms with E-state index in [-0.39, 0.29) is 11.5 Å². The van der Waals surface area contributed by atoms with Gasteiger partial charge in [-0.2, -0.15) is 0 Å². The van der Waals surface area contributed by atoms with E-state index in [1.54, 1.807) is 19.3 Å². The highest BCUT2D eigenvalue weighted by Crippen LogP contribution is 2.28. The maximum absolute atomic E-state index is 12.6. The van der Waals surface area contributed by atoms with Gasteiger partial charge in [-0.15, -0.1) is 0 Å². The van der Waals surface area contributed by atoms with Gasteiger partial charge in [-0.3, -0.25) is 4.79 Å². The van der Waals surface area contributed by atoms with E-state index in [0.29, 0.717) is 11.3 Å². The van der Waals surface area contributed by atoms with Gasteiger partial charge in [-0.1, -0.05) is 46.3 Å². The number of benzene rings is 2. The average Bonchev–Trinajstić information content (AvgIpc) is 3.18. The Morgan fingerprint density at radius 2 is 2.00 bits per heavy atom. The Morgan fingerprint density at radius 1 is 1.14 bits per heavy atom. The van der Waals surface area contributed by atoms with Crippen molar-refractivity contribution in [2.24, 2.45) is 0 Å². The summed E-state index contributed by atoms with van der Waals surface area (Å²) in [5, 5.41) is 0.840. The summed E-state index contributed by atoms with van der Waals surface area (Å²) < 4.78 is 14.2. The van der Waals surface area contributed by atoms with Crippen LogP contribution in [0.2, 0.25) is 0 Å². The van der Waals surface area contributed by atoms with Crippen LogP contribution in [0.3, 0.4) is 0 Å². The van der Waals surface area contributed by atoms with Gasteiger partial charge in [0.1, 0.15) is 0 Å². The molecule has 0 saturated heterocycles. The second-order valence-electron chi connectivity index (χ2n) is 6.59. The lowest BCUT2D eigenvalue weighted by Gasteiger charge is -2.01. The van der Waals surface area contributed by atoms with Gasteiger partial charge >= 0.3 is 0 Å².